The van der Waals surface area contributed by atoms with Gasteiger partial charge in [0.2, 0.25) is 0 Å². The van der Waals surface area contributed by atoms with Gasteiger partial charge in [0.15, 0.2) is 11.4 Å². The first-order valence-corrected chi connectivity index (χ1v) is 5.53. The second-order valence-corrected chi connectivity index (χ2v) is 3.79. The number of imidazole rings is 1. The Bertz CT molecular complexity index is 833. The predicted octanol–water partition coefficient (Wildman–Crippen LogP) is 1.69. The lowest BCUT2D eigenvalue weighted by Gasteiger charge is -2.04. The molecule has 6 nitrogen and oxygen atoms in total. The van der Waals surface area contributed by atoms with Crippen molar-refractivity contribution in [3.05, 3.63) is 41.2 Å². The van der Waals surface area contributed by atoms with Crippen molar-refractivity contribution < 1.29 is 0 Å². The zero-order chi connectivity index (χ0) is 14.5. The number of hydrogen-bond donors (Lipinski definition) is 0. The predicted molar refractivity (Wildman–Crippen MR) is 67.4 cm³/mol. The maximum atomic E-state index is 9.09. The Morgan fingerprint density at radius 2 is 1.85 bits per heavy atom. The maximum absolute atomic E-state index is 9.09. The highest BCUT2D eigenvalue weighted by atomic mass is 15.1. The standard InChI is InChI=1S/C14H6N6/c15-4-5-20-13(9-18)12(8-17)19-14(20)11-3-1-2-10(6-11)7-16/h1-3,6H,5H2. The van der Waals surface area contributed by atoms with Crippen LogP contribution in [0.2, 0.25) is 0 Å². The molecule has 0 atom stereocenters. The maximum Gasteiger partial charge on any atom is 0.177 e. The number of rotatable bonds is 2. The van der Waals surface area contributed by atoms with Crippen LogP contribution in [-0.4, -0.2) is 9.55 Å². The second-order valence-electron chi connectivity index (χ2n) is 3.79. The molecular weight excluding hydrogens is 252 g/mol. The monoisotopic (exact) mass is 258 g/mol. The molecule has 1 aromatic carbocycles. The number of hydrogen-bond acceptors (Lipinski definition) is 5. The molecule has 0 aliphatic rings. The first kappa shape index (κ1) is 12.8. The molecule has 0 N–H and O–H groups in total. The van der Waals surface area contributed by atoms with Crippen molar-refractivity contribution >= 4 is 0 Å². The molecule has 0 aliphatic heterocycles. The second kappa shape index (κ2) is 5.36. The van der Waals surface area contributed by atoms with Crippen molar-refractivity contribution in [3.63, 3.8) is 0 Å². The van der Waals surface area contributed by atoms with E-state index in [4.69, 9.17) is 21.0 Å². The molecule has 0 fully saturated rings. The Hall–Kier alpha value is -3.61. The molecule has 0 spiro atoms. The van der Waals surface area contributed by atoms with Crippen LogP contribution in [0.3, 0.4) is 0 Å². The average Bonchev–Trinajstić information content (AvgIpc) is 2.85. The van der Waals surface area contributed by atoms with Gasteiger partial charge in [0, 0.05) is 5.56 Å². The number of nitriles is 4. The SMILES string of the molecule is N#CCn1c(-c2cccc(C#N)c2)nc(C#N)c1C#N. The fraction of sp³-hybridized carbons (Fsp3) is 0.0714. The van der Waals surface area contributed by atoms with Gasteiger partial charge >= 0.3 is 0 Å². The van der Waals surface area contributed by atoms with Crippen molar-refractivity contribution in [3.8, 4) is 35.7 Å². The molecule has 20 heavy (non-hydrogen) atoms. The normalized spacial score (nSPS) is 9.00. The number of benzene rings is 1. The highest BCUT2D eigenvalue weighted by Crippen LogP contribution is 2.23. The lowest BCUT2D eigenvalue weighted by Crippen LogP contribution is -2.02. The summed E-state index contributed by atoms with van der Waals surface area (Å²) in [6.07, 6.45) is 0. The van der Waals surface area contributed by atoms with Gasteiger partial charge in [-0.15, -0.1) is 0 Å². The molecule has 6 heteroatoms. The quantitative estimate of drug-likeness (QED) is 0.813. The van der Waals surface area contributed by atoms with Gasteiger partial charge in [-0.05, 0) is 12.1 Å². The Balaban J connectivity index is 2.72. The Labute approximate surface area is 115 Å². The van der Waals surface area contributed by atoms with Crippen LogP contribution in [0.4, 0.5) is 0 Å². The molecule has 0 radical (unpaired) electrons. The van der Waals surface area contributed by atoms with Crippen molar-refractivity contribution in [2.75, 3.05) is 0 Å². The van der Waals surface area contributed by atoms with Gasteiger partial charge in [-0.1, -0.05) is 12.1 Å². The smallest absolute Gasteiger partial charge is 0.177 e. The molecule has 0 saturated heterocycles. The molecule has 2 rings (SSSR count). The van der Waals surface area contributed by atoms with Crippen LogP contribution in [0.25, 0.3) is 11.4 Å². The largest absolute Gasteiger partial charge is 0.301 e. The van der Waals surface area contributed by atoms with E-state index >= 15 is 0 Å². The van der Waals surface area contributed by atoms with Gasteiger partial charge in [0.25, 0.3) is 0 Å². The van der Waals surface area contributed by atoms with Gasteiger partial charge in [-0.2, -0.15) is 21.0 Å². The van der Waals surface area contributed by atoms with Gasteiger partial charge in [0.1, 0.15) is 24.5 Å². The summed E-state index contributed by atoms with van der Waals surface area (Å²) in [5, 5.41) is 35.8. The van der Waals surface area contributed by atoms with E-state index in [9.17, 15) is 0 Å². The van der Waals surface area contributed by atoms with Crippen LogP contribution in [-0.2, 0) is 6.54 Å². The lowest BCUT2D eigenvalue weighted by molar-refractivity contribution is 0.827. The molecule has 92 valence electrons. The number of nitrogens with zero attached hydrogens (tertiary/aromatic N) is 6. The molecular formula is C14H6N6. The average molecular weight is 258 g/mol. The summed E-state index contributed by atoms with van der Waals surface area (Å²) < 4.78 is 1.37. The molecule has 0 unspecified atom stereocenters. The summed E-state index contributed by atoms with van der Waals surface area (Å²) in [5.74, 6) is 0.330. The van der Waals surface area contributed by atoms with E-state index in [0.717, 1.165) is 0 Å². The summed E-state index contributed by atoms with van der Waals surface area (Å²) in [5.41, 5.74) is 1.04. The minimum absolute atomic E-state index is 0.0277. The zero-order valence-electron chi connectivity index (χ0n) is 10.2. The third kappa shape index (κ3) is 2.06. The number of aromatic nitrogens is 2. The molecule has 1 aromatic heterocycles. The van der Waals surface area contributed by atoms with Gasteiger partial charge < -0.3 is 4.57 Å². The molecule has 0 saturated carbocycles. The highest BCUT2D eigenvalue weighted by Gasteiger charge is 2.18. The summed E-state index contributed by atoms with van der Waals surface area (Å²) in [6, 6.07) is 14.3. The van der Waals surface area contributed by atoms with E-state index in [1.54, 1.807) is 24.3 Å². The summed E-state index contributed by atoms with van der Waals surface area (Å²) in [7, 11) is 0. The van der Waals surface area contributed by atoms with E-state index in [-0.39, 0.29) is 17.9 Å². The van der Waals surface area contributed by atoms with E-state index in [1.807, 2.05) is 24.3 Å². The van der Waals surface area contributed by atoms with E-state index in [1.165, 1.54) is 4.57 Å². The zero-order valence-corrected chi connectivity index (χ0v) is 10.2. The lowest BCUT2D eigenvalue weighted by atomic mass is 10.1. The van der Waals surface area contributed by atoms with Crippen LogP contribution >= 0.6 is 0 Å². The molecule has 1 heterocycles. The van der Waals surface area contributed by atoms with E-state index in [0.29, 0.717) is 17.0 Å². The highest BCUT2D eigenvalue weighted by molar-refractivity contribution is 5.61. The summed E-state index contributed by atoms with van der Waals surface area (Å²) in [4.78, 5) is 4.08. The Morgan fingerprint density at radius 1 is 1.05 bits per heavy atom. The van der Waals surface area contributed by atoms with E-state index < -0.39 is 0 Å². The van der Waals surface area contributed by atoms with Crippen molar-refractivity contribution in [1.82, 2.24) is 9.55 Å². The molecule has 0 aliphatic carbocycles. The van der Waals surface area contributed by atoms with E-state index in [2.05, 4.69) is 4.98 Å². The van der Waals surface area contributed by atoms with Crippen LogP contribution in [0, 0.1) is 45.3 Å². The van der Waals surface area contributed by atoms with Gasteiger partial charge in [0.05, 0.1) is 17.7 Å². The van der Waals surface area contributed by atoms with Crippen molar-refractivity contribution in [1.29, 1.82) is 21.0 Å². The first-order valence-electron chi connectivity index (χ1n) is 5.53. The molecule has 2 aromatic rings. The minimum Gasteiger partial charge on any atom is -0.301 e. The first-order chi connectivity index (χ1) is 9.74. The molecule has 0 amide bonds. The van der Waals surface area contributed by atoms with Gasteiger partial charge in [-0.25, -0.2) is 4.98 Å². The fourth-order valence-corrected chi connectivity index (χ4v) is 1.82. The minimum atomic E-state index is -0.0936. The molecule has 0 bridgehead atoms. The van der Waals surface area contributed by atoms with Crippen LogP contribution < -0.4 is 0 Å². The third-order valence-corrected chi connectivity index (χ3v) is 2.66. The van der Waals surface area contributed by atoms with Crippen molar-refractivity contribution in [2.24, 2.45) is 0 Å². The third-order valence-electron chi connectivity index (χ3n) is 2.66. The van der Waals surface area contributed by atoms with Gasteiger partial charge in [-0.3, -0.25) is 0 Å². The summed E-state index contributed by atoms with van der Waals surface area (Å²) >= 11 is 0. The van der Waals surface area contributed by atoms with Crippen LogP contribution in [0.5, 0.6) is 0 Å². The van der Waals surface area contributed by atoms with Crippen LogP contribution in [0.15, 0.2) is 24.3 Å². The van der Waals surface area contributed by atoms with Crippen LogP contribution in [0.1, 0.15) is 17.0 Å². The fourth-order valence-electron chi connectivity index (χ4n) is 1.82. The van der Waals surface area contributed by atoms with Crippen molar-refractivity contribution in [2.45, 2.75) is 6.54 Å². The Morgan fingerprint density at radius 3 is 2.45 bits per heavy atom. The Kier molecular flexibility index (Phi) is 3.44. The summed E-state index contributed by atoms with van der Waals surface area (Å²) in [6.45, 7) is -0.0936. The topological polar surface area (TPSA) is 113 Å².